The monoisotopic (exact) mass is 297 g/mol. The van der Waals surface area contributed by atoms with Gasteiger partial charge in [-0.1, -0.05) is 41.6 Å². The zero-order chi connectivity index (χ0) is 15.8. The van der Waals surface area contributed by atoms with E-state index >= 15 is 0 Å². The minimum absolute atomic E-state index is 0.481. The predicted octanol–water partition coefficient (Wildman–Crippen LogP) is 3.93. The quantitative estimate of drug-likeness (QED) is 0.498. The van der Waals surface area contributed by atoms with Crippen LogP contribution in [0.3, 0.4) is 0 Å². The lowest BCUT2D eigenvalue weighted by atomic mass is 10.1. The van der Waals surface area contributed by atoms with Crippen molar-refractivity contribution in [3.8, 4) is 0 Å². The van der Waals surface area contributed by atoms with Gasteiger partial charge in [-0.25, -0.2) is 4.79 Å². The van der Waals surface area contributed by atoms with E-state index in [0.29, 0.717) is 11.4 Å². The maximum Gasteiger partial charge on any atom is 0.344 e. The standard InChI is InChI=1S/C16H15N3O3/c1-12(19-22-11-16(20)21)14-9-5-6-10-15(14)18-17-13-7-3-2-4-8-13/h2-10H,11H2,1H3,(H,20,21)/b18-17?,19-12+. The van der Waals surface area contributed by atoms with Gasteiger partial charge in [0, 0.05) is 5.56 Å². The Labute approximate surface area is 127 Å². The zero-order valence-electron chi connectivity index (χ0n) is 12.0. The van der Waals surface area contributed by atoms with E-state index in [-0.39, 0.29) is 0 Å². The second-order valence-electron chi connectivity index (χ2n) is 4.40. The minimum Gasteiger partial charge on any atom is -0.479 e. The molecule has 1 N–H and O–H groups in total. The predicted molar refractivity (Wildman–Crippen MR) is 82.9 cm³/mol. The molecule has 0 saturated heterocycles. The van der Waals surface area contributed by atoms with Gasteiger partial charge in [0.15, 0.2) is 0 Å². The number of rotatable bonds is 6. The van der Waals surface area contributed by atoms with Crippen LogP contribution in [-0.4, -0.2) is 23.4 Å². The summed E-state index contributed by atoms with van der Waals surface area (Å²) in [5.41, 5.74) is 2.64. The number of azo groups is 1. The highest BCUT2D eigenvalue weighted by Gasteiger charge is 2.05. The van der Waals surface area contributed by atoms with Crippen molar-refractivity contribution in [3.05, 3.63) is 60.2 Å². The Morgan fingerprint density at radius 2 is 1.73 bits per heavy atom. The van der Waals surface area contributed by atoms with Crippen LogP contribution in [0.5, 0.6) is 0 Å². The molecule has 0 heterocycles. The number of carboxylic acids is 1. The summed E-state index contributed by atoms with van der Waals surface area (Å²) in [6.07, 6.45) is 0. The molecule has 0 aliphatic carbocycles. The molecule has 0 amide bonds. The third kappa shape index (κ3) is 4.52. The molecule has 0 aliphatic rings. The summed E-state index contributed by atoms with van der Waals surface area (Å²) < 4.78 is 0. The van der Waals surface area contributed by atoms with E-state index < -0.39 is 12.6 Å². The lowest BCUT2D eigenvalue weighted by Gasteiger charge is -2.04. The normalized spacial score (nSPS) is 11.6. The molecule has 22 heavy (non-hydrogen) atoms. The van der Waals surface area contributed by atoms with Crippen molar-refractivity contribution in [1.82, 2.24) is 0 Å². The molecular weight excluding hydrogens is 282 g/mol. The zero-order valence-corrected chi connectivity index (χ0v) is 12.0. The average Bonchev–Trinajstić information content (AvgIpc) is 2.54. The molecule has 6 nitrogen and oxygen atoms in total. The molecule has 2 rings (SSSR count). The lowest BCUT2D eigenvalue weighted by molar-refractivity contribution is -0.142. The molecule has 0 aromatic heterocycles. The summed E-state index contributed by atoms with van der Waals surface area (Å²) in [7, 11) is 0. The van der Waals surface area contributed by atoms with Gasteiger partial charge in [0.05, 0.1) is 17.1 Å². The van der Waals surface area contributed by atoms with Crippen LogP contribution in [0.15, 0.2) is 70.0 Å². The van der Waals surface area contributed by atoms with E-state index in [1.165, 1.54) is 0 Å². The largest absolute Gasteiger partial charge is 0.479 e. The van der Waals surface area contributed by atoms with Crippen molar-refractivity contribution in [2.24, 2.45) is 15.4 Å². The topological polar surface area (TPSA) is 83.6 Å². The van der Waals surface area contributed by atoms with Gasteiger partial charge < -0.3 is 9.94 Å². The van der Waals surface area contributed by atoms with Crippen molar-refractivity contribution in [1.29, 1.82) is 0 Å². The first-order valence-corrected chi connectivity index (χ1v) is 6.61. The number of carbonyl (C=O) groups is 1. The summed E-state index contributed by atoms with van der Waals surface area (Å²) in [6.45, 7) is 1.24. The lowest BCUT2D eigenvalue weighted by Crippen LogP contribution is -2.05. The van der Waals surface area contributed by atoms with E-state index in [9.17, 15) is 4.79 Å². The first kappa shape index (κ1) is 15.4. The Balaban J connectivity index is 2.19. The van der Waals surface area contributed by atoms with Crippen LogP contribution in [0.1, 0.15) is 12.5 Å². The number of carboxylic acid groups (broad SMARTS) is 1. The number of hydrogen-bond donors (Lipinski definition) is 1. The van der Waals surface area contributed by atoms with Crippen LogP contribution < -0.4 is 0 Å². The molecule has 0 unspecified atom stereocenters. The average molecular weight is 297 g/mol. The summed E-state index contributed by atoms with van der Waals surface area (Å²) in [5.74, 6) is -1.08. The number of hydrogen-bond acceptors (Lipinski definition) is 5. The van der Waals surface area contributed by atoms with Crippen LogP contribution in [0.4, 0.5) is 11.4 Å². The molecule has 6 heteroatoms. The highest BCUT2D eigenvalue weighted by Crippen LogP contribution is 2.22. The smallest absolute Gasteiger partial charge is 0.344 e. The maximum atomic E-state index is 10.4. The fraction of sp³-hybridized carbons (Fsp3) is 0.125. The molecule has 0 radical (unpaired) electrons. The van der Waals surface area contributed by atoms with E-state index in [0.717, 1.165) is 11.3 Å². The van der Waals surface area contributed by atoms with Gasteiger partial charge in [0.25, 0.3) is 0 Å². The van der Waals surface area contributed by atoms with Gasteiger partial charge in [0.2, 0.25) is 6.61 Å². The number of nitrogens with zero attached hydrogens (tertiary/aromatic N) is 3. The maximum absolute atomic E-state index is 10.4. The van der Waals surface area contributed by atoms with Crippen molar-refractivity contribution < 1.29 is 14.7 Å². The van der Waals surface area contributed by atoms with E-state index in [4.69, 9.17) is 9.94 Å². The molecule has 2 aromatic rings. The van der Waals surface area contributed by atoms with Crippen LogP contribution in [-0.2, 0) is 9.63 Å². The Kier molecular flexibility index (Phi) is 5.37. The van der Waals surface area contributed by atoms with Crippen molar-refractivity contribution in [2.75, 3.05) is 6.61 Å². The van der Waals surface area contributed by atoms with Gasteiger partial charge in [-0.2, -0.15) is 5.11 Å². The SMILES string of the molecule is C/C(=N\OCC(=O)O)c1ccccc1N=Nc1ccccc1. The van der Waals surface area contributed by atoms with Crippen LogP contribution in [0, 0.1) is 0 Å². The number of oxime groups is 1. The van der Waals surface area contributed by atoms with E-state index in [1.807, 2.05) is 48.5 Å². The Morgan fingerprint density at radius 1 is 1.05 bits per heavy atom. The summed E-state index contributed by atoms with van der Waals surface area (Å²) in [5, 5.41) is 20.7. The third-order valence-electron chi connectivity index (χ3n) is 2.71. The summed E-state index contributed by atoms with van der Waals surface area (Å²) in [6, 6.07) is 16.7. The second-order valence-corrected chi connectivity index (χ2v) is 4.40. The van der Waals surface area contributed by atoms with E-state index in [2.05, 4.69) is 15.4 Å². The molecule has 0 spiro atoms. The molecule has 0 bridgehead atoms. The highest BCUT2D eigenvalue weighted by molar-refractivity contribution is 6.02. The summed E-state index contributed by atoms with van der Waals surface area (Å²) in [4.78, 5) is 15.2. The van der Waals surface area contributed by atoms with Crippen molar-refractivity contribution >= 4 is 23.1 Å². The summed E-state index contributed by atoms with van der Waals surface area (Å²) >= 11 is 0. The first-order chi connectivity index (χ1) is 10.7. The van der Waals surface area contributed by atoms with Crippen LogP contribution in [0.25, 0.3) is 0 Å². The van der Waals surface area contributed by atoms with Gasteiger partial charge in [0.1, 0.15) is 0 Å². The fourth-order valence-electron chi connectivity index (χ4n) is 1.71. The minimum atomic E-state index is -1.08. The molecule has 0 saturated carbocycles. The fourth-order valence-corrected chi connectivity index (χ4v) is 1.71. The Hall–Kier alpha value is -3.02. The van der Waals surface area contributed by atoms with Gasteiger partial charge in [-0.3, -0.25) is 0 Å². The molecule has 0 fully saturated rings. The molecular formula is C16H15N3O3. The Morgan fingerprint density at radius 3 is 2.45 bits per heavy atom. The third-order valence-corrected chi connectivity index (χ3v) is 2.71. The van der Waals surface area contributed by atoms with Crippen LogP contribution in [0.2, 0.25) is 0 Å². The first-order valence-electron chi connectivity index (χ1n) is 6.61. The molecule has 0 atom stereocenters. The molecule has 112 valence electrons. The second kappa shape index (κ2) is 7.68. The number of benzene rings is 2. The van der Waals surface area contributed by atoms with Crippen LogP contribution >= 0.6 is 0 Å². The molecule has 0 aliphatic heterocycles. The van der Waals surface area contributed by atoms with Crippen molar-refractivity contribution in [3.63, 3.8) is 0 Å². The van der Waals surface area contributed by atoms with Gasteiger partial charge >= 0.3 is 5.97 Å². The highest BCUT2D eigenvalue weighted by atomic mass is 16.6. The molecule has 2 aromatic carbocycles. The Bertz CT molecular complexity index is 697. The van der Waals surface area contributed by atoms with Gasteiger partial charge in [-0.15, -0.1) is 5.11 Å². The van der Waals surface area contributed by atoms with Gasteiger partial charge in [-0.05, 0) is 25.1 Å². The number of aliphatic carboxylic acids is 1. The van der Waals surface area contributed by atoms with E-state index in [1.54, 1.807) is 13.0 Å². The van der Waals surface area contributed by atoms with Crippen molar-refractivity contribution in [2.45, 2.75) is 6.92 Å².